The lowest BCUT2D eigenvalue weighted by atomic mass is 10.2. The van der Waals surface area contributed by atoms with E-state index in [9.17, 15) is 18.4 Å². The molecule has 0 aliphatic carbocycles. The average Bonchev–Trinajstić information content (AvgIpc) is 3.08. The van der Waals surface area contributed by atoms with Gasteiger partial charge in [0.1, 0.15) is 11.9 Å². The molecule has 3 rings (SSSR count). The number of pyridine rings is 1. The zero-order valence-corrected chi connectivity index (χ0v) is 14.0. The van der Waals surface area contributed by atoms with Crippen molar-refractivity contribution < 1.29 is 23.1 Å². The van der Waals surface area contributed by atoms with Gasteiger partial charge in [-0.05, 0) is 31.0 Å². The molecule has 0 saturated carbocycles. The summed E-state index contributed by atoms with van der Waals surface area (Å²) < 4.78 is 31.9. The third-order valence-electron chi connectivity index (χ3n) is 4.07. The van der Waals surface area contributed by atoms with E-state index in [2.05, 4.69) is 10.3 Å². The standard InChI is InChI=1S/C18H17F2N3O3/c1-11(24)23-8-2-3-15(23)18(25)22-13-6-7-21-17(10-13)26-16-5-4-12(19)9-14(16)20/h4-7,9-10,15H,2-3,8H2,1H3,(H,21,22,25)/t15-/m0/s1. The predicted octanol–water partition coefficient (Wildman–Crippen LogP) is 3.10. The van der Waals surface area contributed by atoms with E-state index in [1.807, 2.05) is 0 Å². The summed E-state index contributed by atoms with van der Waals surface area (Å²) in [6, 6.07) is 5.39. The second kappa shape index (κ2) is 7.47. The Morgan fingerprint density at radius 1 is 1.27 bits per heavy atom. The van der Waals surface area contributed by atoms with Crippen LogP contribution < -0.4 is 10.1 Å². The lowest BCUT2D eigenvalue weighted by molar-refractivity contribution is -0.134. The number of rotatable bonds is 4. The molecule has 6 nitrogen and oxygen atoms in total. The fourth-order valence-electron chi connectivity index (χ4n) is 2.86. The Balaban J connectivity index is 1.71. The second-order valence-corrected chi connectivity index (χ2v) is 5.92. The maximum Gasteiger partial charge on any atom is 0.247 e. The van der Waals surface area contributed by atoms with Gasteiger partial charge in [0.05, 0.1) is 0 Å². The van der Waals surface area contributed by atoms with Crippen molar-refractivity contribution in [2.24, 2.45) is 0 Å². The number of benzene rings is 1. The minimum Gasteiger partial charge on any atom is -0.436 e. The van der Waals surface area contributed by atoms with Crippen molar-refractivity contribution in [2.75, 3.05) is 11.9 Å². The first-order valence-electron chi connectivity index (χ1n) is 8.11. The van der Waals surface area contributed by atoms with Gasteiger partial charge in [-0.25, -0.2) is 13.8 Å². The minimum atomic E-state index is -0.857. The molecule has 1 saturated heterocycles. The van der Waals surface area contributed by atoms with Crippen LogP contribution in [0.5, 0.6) is 11.6 Å². The van der Waals surface area contributed by atoms with Crippen molar-refractivity contribution >= 4 is 17.5 Å². The van der Waals surface area contributed by atoms with Crippen LogP contribution in [0, 0.1) is 11.6 Å². The van der Waals surface area contributed by atoms with E-state index in [0.29, 0.717) is 24.7 Å². The molecular formula is C18H17F2N3O3. The highest BCUT2D eigenvalue weighted by Gasteiger charge is 2.32. The lowest BCUT2D eigenvalue weighted by Gasteiger charge is -2.22. The summed E-state index contributed by atoms with van der Waals surface area (Å²) in [7, 11) is 0. The van der Waals surface area contributed by atoms with E-state index >= 15 is 0 Å². The molecule has 136 valence electrons. The summed E-state index contributed by atoms with van der Waals surface area (Å²) >= 11 is 0. The Kier molecular flexibility index (Phi) is 5.11. The molecule has 26 heavy (non-hydrogen) atoms. The number of nitrogens with one attached hydrogen (secondary N) is 1. The summed E-state index contributed by atoms with van der Waals surface area (Å²) in [4.78, 5) is 29.5. The molecule has 1 N–H and O–H groups in total. The van der Waals surface area contributed by atoms with Gasteiger partial charge in [0.25, 0.3) is 0 Å². The molecule has 1 aromatic carbocycles. The first kappa shape index (κ1) is 17.8. The maximum absolute atomic E-state index is 13.7. The summed E-state index contributed by atoms with van der Waals surface area (Å²) in [5, 5.41) is 2.71. The normalized spacial score (nSPS) is 16.4. The van der Waals surface area contributed by atoms with Gasteiger partial charge < -0.3 is 15.0 Å². The topological polar surface area (TPSA) is 71.5 Å². The highest BCUT2D eigenvalue weighted by Crippen LogP contribution is 2.26. The minimum absolute atomic E-state index is 0.0446. The molecule has 1 aliphatic heterocycles. The van der Waals surface area contributed by atoms with Crippen molar-refractivity contribution in [3.8, 4) is 11.6 Å². The van der Waals surface area contributed by atoms with E-state index in [0.717, 1.165) is 18.6 Å². The summed E-state index contributed by atoms with van der Waals surface area (Å²) in [5.41, 5.74) is 0.401. The Labute approximate surface area is 148 Å². The van der Waals surface area contributed by atoms with Crippen LogP contribution >= 0.6 is 0 Å². The van der Waals surface area contributed by atoms with Crippen molar-refractivity contribution in [1.82, 2.24) is 9.88 Å². The molecule has 0 bridgehead atoms. The molecule has 8 heteroatoms. The number of nitrogens with zero attached hydrogens (tertiary/aromatic N) is 2. The van der Waals surface area contributed by atoms with Gasteiger partial charge in [0, 0.05) is 37.5 Å². The highest BCUT2D eigenvalue weighted by molar-refractivity contribution is 5.97. The largest absolute Gasteiger partial charge is 0.436 e. The summed E-state index contributed by atoms with van der Waals surface area (Å²) in [6.07, 6.45) is 2.76. The zero-order valence-electron chi connectivity index (χ0n) is 14.0. The Hall–Kier alpha value is -3.03. The summed E-state index contributed by atoms with van der Waals surface area (Å²) in [5.74, 6) is -2.15. The number of hydrogen-bond donors (Lipinski definition) is 1. The maximum atomic E-state index is 13.7. The van der Waals surface area contributed by atoms with E-state index in [1.54, 1.807) is 6.07 Å². The third-order valence-corrected chi connectivity index (χ3v) is 4.07. The first-order chi connectivity index (χ1) is 12.4. The van der Waals surface area contributed by atoms with Gasteiger partial charge in [-0.2, -0.15) is 0 Å². The Morgan fingerprint density at radius 2 is 2.08 bits per heavy atom. The highest BCUT2D eigenvalue weighted by atomic mass is 19.1. The molecule has 1 fully saturated rings. The fraction of sp³-hybridized carbons (Fsp3) is 0.278. The molecule has 2 aromatic rings. The fourth-order valence-corrected chi connectivity index (χ4v) is 2.86. The molecule has 2 heterocycles. The van der Waals surface area contributed by atoms with Crippen molar-refractivity contribution in [3.05, 3.63) is 48.2 Å². The zero-order chi connectivity index (χ0) is 18.7. The van der Waals surface area contributed by atoms with Gasteiger partial charge in [0.2, 0.25) is 17.7 Å². The van der Waals surface area contributed by atoms with E-state index < -0.39 is 17.7 Å². The number of likely N-dealkylation sites (tertiary alicyclic amines) is 1. The SMILES string of the molecule is CC(=O)N1CCC[C@H]1C(=O)Nc1ccnc(Oc2ccc(F)cc2F)c1. The quantitative estimate of drug-likeness (QED) is 0.908. The molecule has 1 aromatic heterocycles. The van der Waals surface area contributed by atoms with Crippen LogP contribution in [0.3, 0.4) is 0 Å². The van der Waals surface area contributed by atoms with Crippen molar-refractivity contribution in [3.63, 3.8) is 0 Å². The smallest absolute Gasteiger partial charge is 0.247 e. The molecule has 2 amide bonds. The number of carbonyl (C=O) groups is 2. The number of ether oxygens (including phenoxy) is 1. The molecule has 1 aliphatic rings. The van der Waals surface area contributed by atoms with Gasteiger partial charge in [0.15, 0.2) is 11.6 Å². The van der Waals surface area contributed by atoms with Crippen LogP contribution in [0.2, 0.25) is 0 Å². The van der Waals surface area contributed by atoms with Crippen LogP contribution in [0.25, 0.3) is 0 Å². The van der Waals surface area contributed by atoms with Gasteiger partial charge in [-0.1, -0.05) is 0 Å². The number of hydrogen-bond acceptors (Lipinski definition) is 4. The van der Waals surface area contributed by atoms with Crippen LogP contribution in [0.1, 0.15) is 19.8 Å². The molecular weight excluding hydrogens is 344 g/mol. The number of carbonyl (C=O) groups excluding carboxylic acids is 2. The monoisotopic (exact) mass is 361 g/mol. The van der Waals surface area contributed by atoms with E-state index in [4.69, 9.17) is 4.74 Å². The van der Waals surface area contributed by atoms with Crippen molar-refractivity contribution in [1.29, 1.82) is 0 Å². The van der Waals surface area contributed by atoms with Crippen molar-refractivity contribution in [2.45, 2.75) is 25.8 Å². The number of amides is 2. The second-order valence-electron chi connectivity index (χ2n) is 5.92. The Morgan fingerprint density at radius 3 is 2.81 bits per heavy atom. The molecule has 0 unspecified atom stereocenters. The average molecular weight is 361 g/mol. The first-order valence-corrected chi connectivity index (χ1v) is 8.11. The number of anilines is 1. The van der Waals surface area contributed by atoms with Crippen LogP contribution in [-0.4, -0.2) is 34.3 Å². The van der Waals surface area contributed by atoms with E-state index in [-0.39, 0.29) is 23.4 Å². The van der Waals surface area contributed by atoms with Crippen LogP contribution in [0.4, 0.5) is 14.5 Å². The van der Waals surface area contributed by atoms with Gasteiger partial charge in [-0.3, -0.25) is 9.59 Å². The summed E-state index contributed by atoms with van der Waals surface area (Å²) in [6.45, 7) is 1.99. The number of halogens is 2. The third kappa shape index (κ3) is 3.96. The predicted molar refractivity (Wildman–Crippen MR) is 89.7 cm³/mol. The molecule has 0 radical (unpaired) electrons. The van der Waals surface area contributed by atoms with Gasteiger partial charge in [-0.15, -0.1) is 0 Å². The lowest BCUT2D eigenvalue weighted by Crippen LogP contribution is -2.42. The van der Waals surface area contributed by atoms with E-state index in [1.165, 1.54) is 24.1 Å². The molecule has 1 atom stereocenters. The Bertz CT molecular complexity index is 844. The molecule has 0 spiro atoms. The van der Waals surface area contributed by atoms with Crippen LogP contribution in [0.15, 0.2) is 36.5 Å². The van der Waals surface area contributed by atoms with Gasteiger partial charge >= 0.3 is 0 Å². The van der Waals surface area contributed by atoms with Crippen LogP contribution in [-0.2, 0) is 9.59 Å². The number of aromatic nitrogens is 1.